The van der Waals surface area contributed by atoms with Crippen molar-refractivity contribution in [1.82, 2.24) is 24.6 Å². The molecule has 1 N–H and O–H groups in total. The van der Waals surface area contributed by atoms with E-state index in [0.717, 1.165) is 17.1 Å². The Morgan fingerprint density at radius 1 is 1.15 bits per heavy atom. The molecule has 0 fully saturated rings. The number of fused-ring (bicyclic) bond motifs is 1. The van der Waals surface area contributed by atoms with Gasteiger partial charge >= 0.3 is 0 Å². The van der Waals surface area contributed by atoms with E-state index in [-0.39, 0.29) is 24.6 Å². The largest absolute Gasteiger partial charge is 0.381 e. The normalized spacial score (nSPS) is 15.9. The molecule has 1 aliphatic heterocycles. The van der Waals surface area contributed by atoms with Crippen LogP contribution in [0.2, 0.25) is 0 Å². The van der Waals surface area contributed by atoms with Gasteiger partial charge in [-0.1, -0.05) is 6.07 Å². The predicted molar refractivity (Wildman–Crippen MR) is 117 cm³/mol. The van der Waals surface area contributed by atoms with Crippen LogP contribution in [0.15, 0.2) is 55.4 Å². The lowest BCUT2D eigenvalue weighted by Gasteiger charge is -2.39. The van der Waals surface area contributed by atoms with Crippen LogP contribution in [-0.4, -0.2) is 41.7 Å². The summed E-state index contributed by atoms with van der Waals surface area (Å²) in [5.74, 6) is -2.55. The summed E-state index contributed by atoms with van der Waals surface area (Å²) in [5, 5.41) is 15.8. The first-order valence-corrected chi connectivity index (χ1v) is 11.1. The summed E-state index contributed by atoms with van der Waals surface area (Å²) in [6, 6.07) is 5.01. The number of rotatable bonds is 6. The van der Waals surface area contributed by atoms with Gasteiger partial charge in [0.2, 0.25) is 0 Å². The molecule has 0 bridgehead atoms. The van der Waals surface area contributed by atoms with E-state index in [4.69, 9.17) is 0 Å². The van der Waals surface area contributed by atoms with E-state index in [9.17, 15) is 23.1 Å². The maximum absolute atomic E-state index is 14.8. The Balaban J connectivity index is 1.49. The second-order valence-corrected chi connectivity index (χ2v) is 9.23. The fraction of sp³-hybridized carbons (Fsp3) is 0.217. The Hall–Kier alpha value is -3.57. The SMILES string of the molecule is C[C@@H](N1Cc2sc(-c3cncc(F)c3)cc2C1=O)[C@](O)(Cn1cncn1)c1ccc(F)cc1F. The van der Waals surface area contributed by atoms with Gasteiger partial charge < -0.3 is 10.0 Å². The number of aromatic nitrogens is 4. The monoisotopic (exact) mass is 485 g/mol. The van der Waals surface area contributed by atoms with E-state index in [1.807, 2.05) is 0 Å². The van der Waals surface area contributed by atoms with Crippen LogP contribution in [-0.2, 0) is 18.7 Å². The second kappa shape index (κ2) is 8.33. The highest BCUT2D eigenvalue weighted by Crippen LogP contribution is 2.41. The van der Waals surface area contributed by atoms with Gasteiger partial charge in [0.15, 0.2) is 0 Å². The number of benzene rings is 1. The fourth-order valence-corrected chi connectivity index (χ4v) is 5.34. The Labute approximate surface area is 196 Å². The third kappa shape index (κ3) is 3.76. The first-order chi connectivity index (χ1) is 16.3. The lowest BCUT2D eigenvalue weighted by molar-refractivity contribution is -0.0555. The smallest absolute Gasteiger partial charge is 0.255 e. The molecule has 0 saturated carbocycles. The molecule has 0 saturated heterocycles. The molecule has 1 amide bonds. The molecule has 11 heteroatoms. The third-order valence-corrected chi connectivity index (χ3v) is 7.20. The van der Waals surface area contributed by atoms with Crippen molar-refractivity contribution >= 4 is 17.2 Å². The van der Waals surface area contributed by atoms with Crippen molar-refractivity contribution in [2.45, 2.75) is 31.7 Å². The van der Waals surface area contributed by atoms with Gasteiger partial charge in [0.1, 0.15) is 35.7 Å². The van der Waals surface area contributed by atoms with Gasteiger partial charge in [-0.2, -0.15) is 5.10 Å². The van der Waals surface area contributed by atoms with Crippen LogP contribution in [0.3, 0.4) is 0 Å². The lowest BCUT2D eigenvalue weighted by Crippen LogP contribution is -2.52. The standard InChI is InChI=1S/C23H18F3N5O2S/c1-13(23(33,10-30-12-28-11-29-30)18-3-2-15(24)5-19(18)26)31-9-21-17(22(31)32)6-20(34-21)14-4-16(25)8-27-7-14/h2-8,11-13,33H,9-10H2,1H3/t13-,23-/m1/s1. The maximum Gasteiger partial charge on any atom is 0.255 e. The van der Waals surface area contributed by atoms with Crippen LogP contribution in [0.5, 0.6) is 0 Å². The molecule has 0 radical (unpaired) electrons. The van der Waals surface area contributed by atoms with Crippen molar-refractivity contribution in [1.29, 1.82) is 0 Å². The average molecular weight is 485 g/mol. The Kier molecular flexibility index (Phi) is 5.45. The summed E-state index contributed by atoms with van der Waals surface area (Å²) in [4.78, 5) is 23.9. The van der Waals surface area contributed by atoms with Crippen molar-refractivity contribution < 1.29 is 23.1 Å². The number of nitrogens with zero attached hydrogens (tertiary/aromatic N) is 5. The van der Waals surface area contributed by atoms with E-state index in [2.05, 4.69) is 15.1 Å². The zero-order chi connectivity index (χ0) is 24.0. The van der Waals surface area contributed by atoms with E-state index < -0.39 is 29.1 Å². The molecule has 1 aliphatic rings. The minimum atomic E-state index is -1.94. The second-order valence-electron chi connectivity index (χ2n) is 8.09. The molecular weight excluding hydrogens is 467 g/mol. The molecule has 7 nitrogen and oxygen atoms in total. The van der Waals surface area contributed by atoms with Gasteiger partial charge in [-0.3, -0.25) is 9.78 Å². The summed E-state index contributed by atoms with van der Waals surface area (Å²) >= 11 is 1.32. The molecular formula is C23H18F3N5O2S. The summed E-state index contributed by atoms with van der Waals surface area (Å²) in [5.41, 5.74) is -1.11. The number of thiophene rings is 1. The van der Waals surface area contributed by atoms with Crippen LogP contribution in [0.4, 0.5) is 13.2 Å². The number of pyridine rings is 1. The van der Waals surface area contributed by atoms with Gasteiger partial charge in [0, 0.05) is 33.1 Å². The summed E-state index contributed by atoms with van der Waals surface area (Å²) in [6.07, 6.45) is 5.25. The summed E-state index contributed by atoms with van der Waals surface area (Å²) in [6.45, 7) is 1.56. The molecule has 1 aromatic carbocycles. The van der Waals surface area contributed by atoms with Crippen molar-refractivity contribution in [3.05, 3.63) is 88.8 Å². The highest BCUT2D eigenvalue weighted by molar-refractivity contribution is 7.16. The van der Waals surface area contributed by atoms with E-state index in [1.165, 1.54) is 51.9 Å². The maximum atomic E-state index is 14.8. The topological polar surface area (TPSA) is 84.1 Å². The van der Waals surface area contributed by atoms with E-state index in [1.54, 1.807) is 13.0 Å². The number of hydrogen-bond acceptors (Lipinski definition) is 6. The molecule has 0 unspecified atom stereocenters. The van der Waals surface area contributed by atoms with Crippen molar-refractivity contribution in [3.8, 4) is 10.4 Å². The molecule has 2 atom stereocenters. The van der Waals surface area contributed by atoms with Crippen LogP contribution < -0.4 is 0 Å². The average Bonchev–Trinajstić information content (AvgIpc) is 3.51. The Morgan fingerprint density at radius 2 is 1.97 bits per heavy atom. The van der Waals surface area contributed by atoms with Crippen LogP contribution in [0.1, 0.15) is 27.7 Å². The number of hydrogen-bond donors (Lipinski definition) is 1. The number of halogens is 3. The molecule has 4 heterocycles. The van der Waals surface area contributed by atoms with E-state index in [0.29, 0.717) is 22.1 Å². The minimum Gasteiger partial charge on any atom is -0.381 e. The quantitative estimate of drug-likeness (QED) is 0.450. The summed E-state index contributed by atoms with van der Waals surface area (Å²) < 4.78 is 43.3. The predicted octanol–water partition coefficient (Wildman–Crippen LogP) is 3.75. The van der Waals surface area contributed by atoms with Crippen LogP contribution in [0, 0.1) is 17.5 Å². The first kappa shape index (κ1) is 22.2. The third-order valence-electron chi connectivity index (χ3n) is 6.03. The molecule has 174 valence electrons. The zero-order valence-electron chi connectivity index (χ0n) is 17.8. The minimum absolute atomic E-state index is 0.161. The first-order valence-electron chi connectivity index (χ1n) is 10.3. The molecule has 0 aliphatic carbocycles. The van der Waals surface area contributed by atoms with Gasteiger partial charge in [-0.05, 0) is 25.1 Å². The molecule has 34 heavy (non-hydrogen) atoms. The van der Waals surface area contributed by atoms with Crippen molar-refractivity contribution in [2.75, 3.05) is 0 Å². The number of amides is 1. The van der Waals surface area contributed by atoms with Gasteiger partial charge in [0.05, 0.1) is 30.9 Å². The Morgan fingerprint density at radius 3 is 2.65 bits per heavy atom. The van der Waals surface area contributed by atoms with Crippen LogP contribution in [0.25, 0.3) is 10.4 Å². The van der Waals surface area contributed by atoms with Gasteiger partial charge in [0.25, 0.3) is 5.91 Å². The highest BCUT2D eigenvalue weighted by Gasteiger charge is 2.46. The molecule has 3 aromatic heterocycles. The lowest BCUT2D eigenvalue weighted by atomic mass is 9.85. The van der Waals surface area contributed by atoms with Crippen molar-refractivity contribution in [3.63, 3.8) is 0 Å². The van der Waals surface area contributed by atoms with Gasteiger partial charge in [-0.25, -0.2) is 22.8 Å². The fourth-order valence-electron chi connectivity index (χ4n) is 4.21. The molecule has 5 rings (SSSR count). The molecule has 4 aromatic rings. The van der Waals surface area contributed by atoms with E-state index >= 15 is 0 Å². The van der Waals surface area contributed by atoms with Crippen molar-refractivity contribution in [2.24, 2.45) is 0 Å². The Bertz CT molecular complexity index is 1380. The number of carbonyl (C=O) groups excluding carboxylic acids is 1. The molecule has 0 spiro atoms. The number of carbonyl (C=O) groups is 1. The zero-order valence-corrected chi connectivity index (χ0v) is 18.6. The van der Waals surface area contributed by atoms with Gasteiger partial charge in [-0.15, -0.1) is 11.3 Å². The van der Waals surface area contributed by atoms with Crippen LogP contribution >= 0.6 is 11.3 Å². The number of aliphatic hydroxyl groups is 1. The highest BCUT2D eigenvalue weighted by atomic mass is 32.1. The summed E-state index contributed by atoms with van der Waals surface area (Å²) in [7, 11) is 0.